The van der Waals surface area contributed by atoms with E-state index in [9.17, 15) is 4.79 Å². The van der Waals surface area contributed by atoms with E-state index < -0.39 is 0 Å². The number of likely N-dealkylation sites (N-methyl/N-ethyl adjacent to an activating group) is 1. The van der Waals surface area contributed by atoms with Crippen LogP contribution in [0.2, 0.25) is 0 Å². The molecule has 0 bridgehead atoms. The molecule has 0 aliphatic heterocycles. The molecular weight excluding hydrogens is 482 g/mol. The number of aromatic amines is 2. The van der Waals surface area contributed by atoms with Crippen molar-refractivity contribution in [3.05, 3.63) is 53.6 Å². The van der Waals surface area contributed by atoms with Crippen molar-refractivity contribution in [1.82, 2.24) is 14.9 Å². The summed E-state index contributed by atoms with van der Waals surface area (Å²) >= 11 is 0. The van der Waals surface area contributed by atoms with Crippen molar-refractivity contribution in [2.75, 3.05) is 32.8 Å². The zero-order chi connectivity index (χ0) is 27.2. The van der Waals surface area contributed by atoms with Crippen LogP contribution in [-0.4, -0.2) is 59.8 Å². The van der Waals surface area contributed by atoms with Crippen LogP contribution in [0.3, 0.4) is 0 Å². The second kappa shape index (κ2) is 11.9. The first kappa shape index (κ1) is 26.9. The summed E-state index contributed by atoms with van der Waals surface area (Å²) in [6, 6.07) is 14.5. The van der Waals surface area contributed by atoms with Crippen LogP contribution >= 0.6 is 0 Å². The van der Waals surface area contributed by atoms with E-state index in [0.29, 0.717) is 18.8 Å². The number of ether oxygens (including phenoxy) is 2. The fourth-order valence-corrected chi connectivity index (χ4v) is 4.92. The Morgan fingerprint density at radius 2 is 1.45 bits per heavy atom. The first-order chi connectivity index (χ1) is 18.5. The van der Waals surface area contributed by atoms with Crippen molar-refractivity contribution in [3.63, 3.8) is 0 Å². The molecule has 0 atom stereocenters. The van der Waals surface area contributed by atoms with Gasteiger partial charge in [-0.15, -0.1) is 0 Å². The van der Waals surface area contributed by atoms with Crippen molar-refractivity contribution in [2.45, 2.75) is 34.1 Å². The van der Waals surface area contributed by atoms with Gasteiger partial charge >= 0.3 is 12.1 Å². The second-order valence-corrected chi connectivity index (χ2v) is 8.97. The molecule has 0 aliphatic rings. The molecule has 2 N–H and O–H groups in total. The quantitative estimate of drug-likeness (QED) is 0.239. The molecular formula is C30H33N3O5. The number of fused-ring (bicyclic) bond motifs is 6. The van der Waals surface area contributed by atoms with Crippen molar-refractivity contribution in [3.8, 4) is 5.75 Å². The summed E-state index contributed by atoms with van der Waals surface area (Å²) in [7, 11) is 0. The molecule has 38 heavy (non-hydrogen) atoms. The van der Waals surface area contributed by atoms with E-state index in [2.05, 4.69) is 59.9 Å². The molecule has 0 radical (unpaired) electrons. The number of aromatic nitrogens is 2. The number of carbonyl (C=O) groups is 1. The minimum absolute atomic E-state index is 0.250. The molecule has 0 saturated carbocycles. The highest BCUT2D eigenvalue weighted by atomic mass is 16.5. The van der Waals surface area contributed by atoms with E-state index in [1.54, 1.807) is 0 Å². The number of benzene rings is 3. The van der Waals surface area contributed by atoms with Gasteiger partial charge in [0, 0.05) is 39.1 Å². The van der Waals surface area contributed by atoms with Crippen LogP contribution in [0.1, 0.15) is 43.6 Å². The van der Waals surface area contributed by atoms with Crippen molar-refractivity contribution in [2.24, 2.45) is 0 Å². The number of nitrogens with zero attached hydrogens (tertiary/aromatic N) is 1. The highest BCUT2D eigenvalue weighted by molar-refractivity contribution is 6.21. The van der Waals surface area contributed by atoms with Crippen molar-refractivity contribution < 1.29 is 23.9 Å². The fourth-order valence-electron chi connectivity index (χ4n) is 4.92. The average Bonchev–Trinajstić information content (AvgIpc) is 3.48. The first-order valence-corrected chi connectivity index (χ1v) is 13.0. The number of nitrogens with one attached hydrogen (secondary N) is 2. The zero-order valence-corrected chi connectivity index (χ0v) is 22.3. The maximum absolute atomic E-state index is 12.4. The Kier molecular flexibility index (Phi) is 8.46. The molecule has 5 rings (SSSR count). The van der Waals surface area contributed by atoms with Gasteiger partial charge in [0.15, 0.2) is 5.75 Å². The van der Waals surface area contributed by atoms with Crippen molar-refractivity contribution >= 4 is 55.7 Å². The lowest BCUT2D eigenvalue weighted by molar-refractivity contribution is -0.191. The number of hydrogen-bond donors (Lipinski definition) is 2. The minimum atomic E-state index is -0.305. The van der Waals surface area contributed by atoms with Gasteiger partial charge in [0.2, 0.25) is 0 Å². The van der Waals surface area contributed by atoms with Crippen LogP contribution in [0.4, 0.5) is 0 Å². The normalized spacial score (nSPS) is 11.2. The molecule has 0 fully saturated rings. The highest BCUT2D eigenvalue weighted by Crippen LogP contribution is 2.41. The number of rotatable bonds is 9. The summed E-state index contributed by atoms with van der Waals surface area (Å²) in [5.41, 5.74) is 5.85. The van der Waals surface area contributed by atoms with Gasteiger partial charge in [-0.05, 0) is 68.4 Å². The number of esters is 1. The van der Waals surface area contributed by atoms with E-state index in [0.717, 1.165) is 70.0 Å². The van der Waals surface area contributed by atoms with Gasteiger partial charge < -0.3 is 24.3 Å². The molecule has 198 valence electrons. The van der Waals surface area contributed by atoms with E-state index in [4.69, 9.17) is 19.1 Å². The Labute approximate surface area is 220 Å². The van der Waals surface area contributed by atoms with Gasteiger partial charge in [-0.2, -0.15) is 9.59 Å². The van der Waals surface area contributed by atoms with E-state index in [1.165, 1.54) is 10.9 Å². The van der Waals surface area contributed by atoms with Gasteiger partial charge in [-0.25, -0.2) is 4.79 Å². The van der Waals surface area contributed by atoms with Crippen LogP contribution in [0.15, 0.2) is 42.5 Å². The summed E-state index contributed by atoms with van der Waals surface area (Å²) in [5, 5.41) is 4.34. The third kappa shape index (κ3) is 5.14. The van der Waals surface area contributed by atoms with Gasteiger partial charge in [-0.3, -0.25) is 0 Å². The van der Waals surface area contributed by atoms with E-state index >= 15 is 0 Å². The number of hydrogen-bond acceptors (Lipinski definition) is 6. The number of aryl methyl sites for hydroxylation is 1. The summed E-state index contributed by atoms with van der Waals surface area (Å²) in [4.78, 5) is 38.2. The molecule has 0 aliphatic carbocycles. The molecule has 5 aromatic rings. The monoisotopic (exact) mass is 515 g/mol. The SMILES string of the molecule is CCOC(=O)c1ccc2[nH]c3c(OCCN(CC)CC)c4[nH]c5ccc(CC)cc5c4cc3c2c1.O=C=O. The summed E-state index contributed by atoms with van der Waals surface area (Å²) < 4.78 is 11.7. The molecule has 0 amide bonds. The Morgan fingerprint density at radius 3 is 2.03 bits per heavy atom. The molecule has 2 aromatic heterocycles. The Balaban J connectivity index is 0.00000107. The van der Waals surface area contributed by atoms with Crippen LogP contribution in [-0.2, 0) is 20.7 Å². The van der Waals surface area contributed by atoms with Gasteiger partial charge in [0.25, 0.3) is 0 Å². The third-order valence-corrected chi connectivity index (χ3v) is 6.95. The maximum Gasteiger partial charge on any atom is 0.373 e. The van der Waals surface area contributed by atoms with Gasteiger partial charge in [0.1, 0.15) is 6.61 Å². The Morgan fingerprint density at radius 1 is 0.842 bits per heavy atom. The highest BCUT2D eigenvalue weighted by Gasteiger charge is 2.19. The lowest BCUT2D eigenvalue weighted by Gasteiger charge is -2.18. The van der Waals surface area contributed by atoms with Crippen molar-refractivity contribution in [1.29, 1.82) is 0 Å². The fraction of sp³-hybridized carbons (Fsp3) is 0.333. The average molecular weight is 516 g/mol. The Bertz CT molecular complexity index is 1620. The van der Waals surface area contributed by atoms with Crippen LogP contribution < -0.4 is 4.74 Å². The lowest BCUT2D eigenvalue weighted by Crippen LogP contribution is -2.27. The Hall–Kier alpha value is -4.13. The zero-order valence-electron chi connectivity index (χ0n) is 22.3. The standard InChI is InChI=1S/C29H33N3O3.CO2/c1-5-18-9-11-24-20(15-18)22-17-23-21-16-19(29(33)34-8-4)10-12-25(21)31-27(23)28(26(22)30-24)35-14-13-32(6-2)7-3;2-1-3/h9-12,15-17,30-31H,5-8,13-14H2,1-4H3;. The van der Waals surface area contributed by atoms with Crippen LogP contribution in [0.25, 0.3) is 43.6 Å². The molecule has 0 spiro atoms. The smallest absolute Gasteiger partial charge is 0.373 e. The van der Waals surface area contributed by atoms with Gasteiger partial charge in [0.05, 0.1) is 23.2 Å². The number of carbonyl (C=O) groups excluding carboxylic acids is 3. The predicted molar refractivity (Wildman–Crippen MR) is 149 cm³/mol. The molecule has 0 unspecified atom stereocenters. The maximum atomic E-state index is 12.4. The minimum Gasteiger partial charge on any atom is -0.488 e. The number of H-pyrrole nitrogens is 2. The summed E-state index contributed by atoms with van der Waals surface area (Å²) in [6.07, 6.45) is 1.23. The van der Waals surface area contributed by atoms with E-state index in [-0.39, 0.29) is 12.1 Å². The third-order valence-electron chi connectivity index (χ3n) is 6.95. The second-order valence-electron chi connectivity index (χ2n) is 8.97. The predicted octanol–water partition coefficient (Wildman–Crippen LogP) is 5.83. The summed E-state index contributed by atoms with van der Waals surface area (Å²) in [5.74, 6) is 0.521. The summed E-state index contributed by atoms with van der Waals surface area (Å²) in [6.45, 7) is 12.1. The molecule has 0 saturated heterocycles. The topological polar surface area (TPSA) is 104 Å². The molecule has 8 heteroatoms. The largest absolute Gasteiger partial charge is 0.488 e. The molecule has 8 nitrogen and oxygen atoms in total. The van der Waals surface area contributed by atoms with Gasteiger partial charge in [-0.1, -0.05) is 26.8 Å². The van der Waals surface area contributed by atoms with E-state index in [1.807, 2.05) is 25.1 Å². The first-order valence-electron chi connectivity index (χ1n) is 13.0. The molecule has 2 heterocycles. The van der Waals surface area contributed by atoms with Crippen LogP contribution in [0.5, 0.6) is 5.75 Å². The van der Waals surface area contributed by atoms with Crippen LogP contribution in [0, 0.1) is 0 Å². The molecule has 3 aromatic carbocycles. The lowest BCUT2D eigenvalue weighted by atomic mass is 10.0.